The highest BCUT2D eigenvalue weighted by atomic mass is 35.5. The Kier molecular flexibility index (Phi) is 6.18. The van der Waals surface area contributed by atoms with Crippen molar-refractivity contribution < 1.29 is 18.8 Å². The molecule has 0 radical (unpaired) electrons. The Morgan fingerprint density at radius 1 is 1.15 bits per heavy atom. The summed E-state index contributed by atoms with van der Waals surface area (Å²) in [5.41, 5.74) is -0.347. The van der Waals surface area contributed by atoms with E-state index in [2.05, 4.69) is 10.2 Å². The van der Waals surface area contributed by atoms with Crippen molar-refractivity contribution in [3.05, 3.63) is 34.9 Å². The minimum absolute atomic E-state index is 0.167. The molecule has 2 aliphatic heterocycles. The van der Waals surface area contributed by atoms with Gasteiger partial charge in [-0.05, 0) is 52.0 Å². The maximum absolute atomic E-state index is 12.8. The number of hydrogen-bond donors (Lipinski definition) is 1. The summed E-state index contributed by atoms with van der Waals surface area (Å²) in [7, 11) is -0.519. The van der Waals surface area contributed by atoms with Gasteiger partial charge in [0.2, 0.25) is 0 Å². The lowest BCUT2D eigenvalue weighted by Gasteiger charge is -2.32. The molecule has 0 spiro atoms. The van der Waals surface area contributed by atoms with Crippen molar-refractivity contribution in [2.24, 2.45) is 0 Å². The van der Waals surface area contributed by atoms with Crippen LogP contribution >= 0.6 is 11.6 Å². The van der Waals surface area contributed by atoms with E-state index >= 15 is 0 Å². The maximum atomic E-state index is 12.8. The van der Waals surface area contributed by atoms with Gasteiger partial charge in [0.1, 0.15) is 0 Å². The lowest BCUT2D eigenvalue weighted by Crippen LogP contribution is -2.55. The molecular formula is C19H28BClN2O4. The van der Waals surface area contributed by atoms with Crippen LogP contribution in [0.2, 0.25) is 5.02 Å². The van der Waals surface area contributed by atoms with Gasteiger partial charge in [0.05, 0.1) is 30.4 Å². The summed E-state index contributed by atoms with van der Waals surface area (Å²) in [6.07, 6.45) is 0. The summed E-state index contributed by atoms with van der Waals surface area (Å²) in [5, 5.41) is 3.70. The molecule has 1 atom stereocenters. The topological polar surface area (TPSA) is 60.0 Å². The van der Waals surface area contributed by atoms with Crippen LogP contribution in [0.5, 0.6) is 0 Å². The summed E-state index contributed by atoms with van der Waals surface area (Å²) in [6.45, 7) is 11.7. The second-order valence-electron chi connectivity index (χ2n) is 8.12. The molecule has 0 unspecified atom stereocenters. The SMILES string of the molecule is CC1(C)OB([C@@H](CN2CCOCC2)NC(=O)c2ccc(Cl)cc2)OC1(C)C. The Balaban J connectivity index is 1.75. The number of morpholine rings is 1. The summed E-state index contributed by atoms with van der Waals surface area (Å²) in [4.78, 5) is 15.0. The number of rotatable bonds is 5. The van der Waals surface area contributed by atoms with E-state index in [1.807, 2.05) is 27.7 Å². The third-order valence-electron chi connectivity index (χ3n) is 5.58. The van der Waals surface area contributed by atoms with Crippen LogP contribution < -0.4 is 5.32 Å². The molecule has 2 saturated heterocycles. The van der Waals surface area contributed by atoms with Crippen molar-refractivity contribution in [1.29, 1.82) is 0 Å². The third-order valence-corrected chi connectivity index (χ3v) is 5.83. The number of nitrogens with one attached hydrogen (secondary N) is 1. The molecule has 0 saturated carbocycles. The van der Waals surface area contributed by atoms with Crippen LogP contribution in [0.1, 0.15) is 38.1 Å². The maximum Gasteiger partial charge on any atom is 0.483 e. The van der Waals surface area contributed by atoms with Gasteiger partial charge in [0, 0.05) is 30.2 Å². The third kappa shape index (κ3) is 4.84. The number of amides is 1. The molecule has 6 nitrogen and oxygen atoms in total. The van der Waals surface area contributed by atoms with Crippen LogP contribution in [-0.2, 0) is 14.0 Å². The number of ether oxygens (including phenoxy) is 1. The molecule has 2 aliphatic rings. The quantitative estimate of drug-likeness (QED) is 0.777. The Hall–Kier alpha value is -1.12. The van der Waals surface area contributed by atoms with Crippen LogP contribution in [-0.4, -0.2) is 67.9 Å². The lowest BCUT2D eigenvalue weighted by molar-refractivity contribution is 0.00578. The molecule has 2 heterocycles. The van der Waals surface area contributed by atoms with Gasteiger partial charge in [0.15, 0.2) is 0 Å². The van der Waals surface area contributed by atoms with Crippen molar-refractivity contribution in [3.63, 3.8) is 0 Å². The number of hydrogen-bond acceptors (Lipinski definition) is 5. The Labute approximate surface area is 166 Å². The highest BCUT2D eigenvalue weighted by molar-refractivity contribution is 6.48. The summed E-state index contributed by atoms with van der Waals surface area (Å²) >= 11 is 5.93. The minimum Gasteiger partial charge on any atom is -0.402 e. The first kappa shape index (κ1) is 20.6. The first-order valence-corrected chi connectivity index (χ1v) is 9.78. The summed E-state index contributed by atoms with van der Waals surface area (Å²) in [5.74, 6) is -0.466. The fourth-order valence-electron chi connectivity index (χ4n) is 3.17. The van der Waals surface area contributed by atoms with Gasteiger partial charge >= 0.3 is 7.12 Å². The zero-order chi connectivity index (χ0) is 19.7. The summed E-state index contributed by atoms with van der Waals surface area (Å²) < 4.78 is 17.8. The van der Waals surface area contributed by atoms with Crippen LogP contribution in [0.4, 0.5) is 0 Å². The second-order valence-corrected chi connectivity index (χ2v) is 8.56. The first-order chi connectivity index (χ1) is 12.7. The average molecular weight is 395 g/mol. The van der Waals surface area contributed by atoms with Gasteiger partial charge in [-0.25, -0.2) is 0 Å². The number of nitrogens with zero attached hydrogens (tertiary/aromatic N) is 1. The van der Waals surface area contributed by atoms with E-state index in [-0.39, 0.29) is 11.8 Å². The monoisotopic (exact) mass is 394 g/mol. The van der Waals surface area contributed by atoms with Crippen LogP contribution in [0.3, 0.4) is 0 Å². The molecule has 27 heavy (non-hydrogen) atoms. The molecule has 1 aromatic rings. The van der Waals surface area contributed by atoms with Crippen molar-refractivity contribution in [3.8, 4) is 0 Å². The van der Waals surface area contributed by atoms with E-state index in [0.717, 1.165) is 13.1 Å². The lowest BCUT2D eigenvalue weighted by atomic mass is 9.77. The highest BCUT2D eigenvalue weighted by Gasteiger charge is 2.54. The second kappa shape index (κ2) is 8.09. The Bertz CT molecular complexity index is 646. The molecular weight excluding hydrogens is 366 g/mol. The van der Waals surface area contributed by atoms with Crippen LogP contribution in [0.15, 0.2) is 24.3 Å². The van der Waals surface area contributed by atoms with Gasteiger partial charge in [-0.3, -0.25) is 9.69 Å². The molecule has 1 N–H and O–H groups in total. The van der Waals surface area contributed by atoms with Gasteiger partial charge in [-0.1, -0.05) is 11.6 Å². The van der Waals surface area contributed by atoms with Crippen molar-refractivity contribution in [1.82, 2.24) is 10.2 Å². The molecule has 1 aromatic carbocycles. The molecule has 0 aromatic heterocycles. The van der Waals surface area contributed by atoms with Crippen molar-refractivity contribution >= 4 is 24.6 Å². The van der Waals surface area contributed by atoms with E-state index < -0.39 is 18.3 Å². The summed E-state index contributed by atoms with van der Waals surface area (Å²) in [6, 6.07) is 6.85. The Morgan fingerprint density at radius 2 is 1.70 bits per heavy atom. The van der Waals surface area contributed by atoms with E-state index in [1.165, 1.54) is 0 Å². The van der Waals surface area contributed by atoms with Crippen LogP contribution in [0, 0.1) is 0 Å². The number of carbonyl (C=O) groups excluding carboxylic acids is 1. The predicted molar refractivity (Wildman–Crippen MR) is 106 cm³/mol. The smallest absolute Gasteiger partial charge is 0.402 e. The minimum atomic E-state index is -0.519. The van der Waals surface area contributed by atoms with Gasteiger partial charge in [0.25, 0.3) is 5.91 Å². The van der Waals surface area contributed by atoms with Crippen LogP contribution in [0.25, 0.3) is 0 Å². The van der Waals surface area contributed by atoms with E-state index in [1.54, 1.807) is 24.3 Å². The molecule has 2 fully saturated rings. The van der Waals surface area contributed by atoms with Crippen molar-refractivity contribution in [2.75, 3.05) is 32.8 Å². The van der Waals surface area contributed by atoms with E-state index in [9.17, 15) is 4.79 Å². The molecule has 3 rings (SSSR count). The highest BCUT2D eigenvalue weighted by Crippen LogP contribution is 2.37. The average Bonchev–Trinajstić information content (AvgIpc) is 2.83. The molecule has 0 bridgehead atoms. The zero-order valence-corrected chi connectivity index (χ0v) is 17.2. The normalized spacial score (nSPS) is 23.2. The van der Waals surface area contributed by atoms with E-state index in [4.69, 9.17) is 25.6 Å². The first-order valence-electron chi connectivity index (χ1n) is 9.40. The number of carbonyl (C=O) groups is 1. The molecule has 0 aliphatic carbocycles. The zero-order valence-electron chi connectivity index (χ0n) is 16.5. The van der Waals surface area contributed by atoms with Gasteiger partial charge < -0.3 is 19.4 Å². The predicted octanol–water partition coefficient (Wildman–Crippen LogP) is 2.40. The van der Waals surface area contributed by atoms with Gasteiger partial charge in [-0.15, -0.1) is 0 Å². The molecule has 8 heteroatoms. The Morgan fingerprint density at radius 3 is 2.26 bits per heavy atom. The largest absolute Gasteiger partial charge is 0.483 e. The molecule has 148 valence electrons. The standard InChI is InChI=1S/C19H28BClN2O4/c1-18(2)19(3,4)27-20(26-18)16(13-23-9-11-25-12-10-23)22-17(24)14-5-7-15(21)8-6-14/h5-8,16H,9-13H2,1-4H3,(H,22,24)/t16-/m1/s1. The van der Waals surface area contributed by atoms with Crippen molar-refractivity contribution in [2.45, 2.75) is 44.8 Å². The van der Waals surface area contributed by atoms with E-state index in [0.29, 0.717) is 30.3 Å². The van der Waals surface area contributed by atoms with Gasteiger partial charge in [-0.2, -0.15) is 0 Å². The number of benzene rings is 1. The fraction of sp³-hybridized carbons (Fsp3) is 0.632. The molecule has 1 amide bonds. The number of halogens is 1. The fourth-order valence-corrected chi connectivity index (χ4v) is 3.29.